The number of para-hydroxylation sites is 4. The van der Waals surface area contributed by atoms with Crippen LogP contribution in [0.15, 0.2) is 227 Å². The molecule has 1 aliphatic carbocycles. The van der Waals surface area contributed by atoms with Crippen LogP contribution in [0.4, 0.5) is 34.1 Å². The third-order valence-corrected chi connectivity index (χ3v) is 14.3. The third-order valence-electron chi connectivity index (χ3n) is 14.3. The van der Waals surface area contributed by atoms with E-state index in [2.05, 4.69) is 218 Å². The lowest BCUT2D eigenvalue weighted by molar-refractivity contribution is 0.668. The Morgan fingerprint density at radius 1 is 0.299 bits per heavy atom. The predicted octanol–water partition coefficient (Wildman–Crippen LogP) is 18.2. The van der Waals surface area contributed by atoms with E-state index in [4.69, 9.17) is 8.83 Å². The standard InChI is InChI=1S/C63H42N2O2/c1-63(2)61-46-31-26-42(64(40-15-5-3-6-16-40)44-28-33-58-54(37-44)48-20-11-13-23-56(48)66-58)35-39(46)25-30-52(61)60-50-22-10-9-19-47(50)53-36-43(27-32-51(53)62(60)63)65(41-17-7-4-8-18-41)45-29-34-59-55(38-45)49-21-12-14-24-57(49)67-59/h3-38H,1-2H3. The van der Waals surface area contributed by atoms with Gasteiger partial charge < -0.3 is 18.6 Å². The number of rotatable bonds is 6. The van der Waals surface area contributed by atoms with Gasteiger partial charge in [-0.1, -0.05) is 135 Å². The zero-order chi connectivity index (χ0) is 44.4. The average Bonchev–Trinajstić information content (AvgIpc) is 4.02. The number of hydrogen-bond donors (Lipinski definition) is 0. The van der Waals surface area contributed by atoms with Gasteiger partial charge in [0.25, 0.3) is 0 Å². The van der Waals surface area contributed by atoms with Gasteiger partial charge in [0.2, 0.25) is 0 Å². The molecular weight excluding hydrogens is 817 g/mol. The van der Waals surface area contributed by atoms with Crippen molar-refractivity contribution >= 4 is 110 Å². The lowest BCUT2D eigenvalue weighted by Gasteiger charge is -2.28. The van der Waals surface area contributed by atoms with Crippen molar-refractivity contribution in [2.45, 2.75) is 19.3 Å². The number of benzene rings is 11. The van der Waals surface area contributed by atoms with E-state index in [1.165, 1.54) is 54.6 Å². The van der Waals surface area contributed by atoms with Gasteiger partial charge in [0.15, 0.2) is 0 Å². The van der Waals surface area contributed by atoms with Crippen LogP contribution in [0.1, 0.15) is 25.0 Å². The molecule has 0 aliphatic heterocycles. The molecule has 0 saturated heterocycles. The van der Waals surface area contributed by atoms with Crippen LogP contribution in [0.2, 0.25) is 0 Å². The lowest BCUT2D eigenvalue weighted by atomic mass is 9.77. The van der Waals surface area contributed by atoms with Crippen molar-refractivity contribution in [1.29, 1.82) is 0 Å². The molecule has 316 valence electrons. The van der Waals surface area contributed by atoms with Gasteiger partial charge in [-0.25, -0.2) is 0 Å². The Morgan fingerprint density at radius 2 is 0.746 bits per heavy atom. The molecule has 67 heavy (non-hydrogen) atoms. The van der Waals surface area contributed by atoms with Crippen molar-refractivity contribution in [2.75, 3.05) is 9.80 Å². The van der Waals surface area contributed by atoms with Gasteiger partial charge in [-0.05, 0) is 152 Å². The van der Waals surface area contributed by atoms with Crippen LogP contribution in [0.5, 0.6) is 0 Å². The molecule has 2 heterocycles. The topological polar surface area (TPSA) is 32.8 Å². The van der Waals surface area contributed by atoms with E-state index in [1.807, 2.05) is 24.3 Å². The molecule has 4 nitrogen and oxygen atoms in total. The summed E-state index contributed by atoms with van der Waals surface area (Å²) < 4.78 is 12.5. The average molecular weight is 859 g/mol. The molecule has 0 fully saturated rings. The quantitative estimate of drug-likeness (QED) is 0.156. The predicted molar refractivity (Wildman–Crippen MR) is 280 cm³/mol. The van der Waals surface area contributed by atoms with Crippen LogP contribution < -0.4 is 9.80 Å². The summed E-state index contributed by atoms with van der Waals surface area (Å²) in [5.41, 5.74) is 15.2. The first kappa shape index (κ1) is 37.7. The molecule has 0 unspecified atom stereocenters. The fourth-order valence-electron chi connectivity index (χ4n) is 11.5. The van der Waals surface area contributed by atoms with Gasteiger partial charge in [0.1, 0.15) is 22.3 Å². The number of fused-ring (bicyclic) bond motifs is 16. The Labute approximate surface area is 387 Å². The van der Waals surface area contributed by atoms with Gasteiger partial charge in [0.05, 0.1) is 0 Å². The van der Waals surface area contributed by atoms with Gasteiger partial charge >= 0.3 is 0 Å². The zero-order valence-electron chi connectivity index (χ0n) is 37.0. The van der Waals surface area contributed by atoms with Gasteiger partial charge in [0, 0.05) is 61.1 Å². The molecule has 13 aromatic rings. The number of nitrogens with zero attached hydrogens (tertiary/aromatic N) is 2. The largest absolute Gasteiger partial charge is 0.456 e. The molecule has 0 atom stereocenters. The molecular formula is C63H42N2O2. The molecule has 0 N–H and O–H groups in total. The first-order valence-electron chi connectivity index (χ1n) is 23.1. The highest BCUT2D eigenvalue weighted by Crippen LogP contribution is 2.57. The van der Waals surface area contributed by atoms with Gasteiger partial charge in [-0.3, -0.25) is 0 Å². The second-order valence-electron chi connectivity index (χ2n) is 18.4. The smallest absolute Gasteiger partial charge is 0.135 e. The molecule has 2 aromatic heterocycles. The summed E-state index contributed by atoms with van der Waals surface area (Å²) >= 11 is 0. The minimum Gasteiger partial charge on any atom is -0.456 e. The normalized spacial score (nSPS) is 13.0. The van der Waals surface area contributed by atoms with E-state index in [1.54, 1.807) is 0 Å². The number of furan rings is 2. The molecule has 14 rings (SSSR count). The maximum atomic E-state index is 6.27. The Hall–Kier alpha value is -8.60. The van der Waals surface area contributed by atoms with E-state index < -0.39 is 0 Å². The van der Waals surface area contributed by atoms with Crippen molar-refractivity contribution in [2.24, 2.45) is 0 Å². The maximum Gasteiger partial charge on any atom is 0.135 e. The van der Waals surface area contributed by atoms with E-state index in [0.717, 1.165) is 78.0 Å². The summed E-state index contributed by atoms with van der Waals surface area (Å²) in [6, 6.07) is 78.9. The highest BCUT2D eigenvalue weighted by atomic mass is 16.3. The minimum absolute atomic E-state index is 0.297. The summed E-state index contributed by atoms with van der Waals surface area (Å²) in [5.74, 6) is 0. The summed E-state index contributed by atoms with van der Waals surface area (Å²) in [6.07, 6.45) is 0. The van der Waals surface area contributed by atoms with Crippen molar-refractivity contribution < 1.29 is 8.83 Å². The molecule has 4 heteroatoms. The van der Waals surface area contributed by atoms with Crippen molar-refractivity contribution in [1.82, 2.24) is 0 Å². The summed E-state index contributed by atoms with van der Waals surface area (Å²) in [7, 11) is 0. The number of hydrogen-bond acceptors (Lipinski definition) is 4. The lowest BCUT2D eigenvalue weighted by Crippen LogP contribution is -2.16. The van der Waals surface area contributed by atoms with Crippen LogP contribution in [-0.2, 0) is 5.41 Å². The molecule has 0 radical (unpaired) electrons. The van der Waals surface area contributed by atoms with E-state index in [9.17, 15) is 0 Å². The SMILES string of the molecule is CC1(C)c2c(ccc3cc(N(c4ccccc4)c4ccc5oc6ccccc6c5c4)ccc23)-c2c1c1ccc(N(c3ccccc3)c3ccc4oc5ccccc5c4c3)cc1c1ccccc21. The van der Waals surface area contributed by atoms with E-state index in [-0.39, 0.29) is 5.41 Å². The minimum atomic E-state index is -0.297. The van der Waals surface area contributed by atoms with Crippen LogP contribution in [0, 0.1) is 0 Å². The van der Waals surface area contributed by atoms with Crippen LogP contribution in [-0.4, -0.2) is 0 Å². The van der Waals surface area contributed by atoms with E-state index >= 15 is 0 Å². The maximum absolute atomic E-state index is 6.27. The Balaban J connectivity index is 0.931. The fraction of sp³-hybridized carbons (Fsp3) is 0.0476. The van der Waals surface area contributed by atoms with Crippen molar-refractivity contribution in [3.05, 3.63) is 230 Å². The molecule has 1 aliphatic rings. The summed E-state index contributed by atoms with van der Waals surface area (Å²) in [5, 5.41) is 12.0. The number of anilines is 6. The Bertz CT molecular complexity index is 4140. The van der Waals surface area contributed by atoms with E-state index in [0.29, 0.717) is 0 Å². The van der Waals surface area contributed by atoms with Crippen LogP contribution in [0.3, 0.4) is 0 Å². The second-order valence-corrected chi connectivity index (χ2v) is 18.4. The third kappa shape index (κ3) is 5.60. The zero-order valence-corrected chi connectivity index (χ0v) is 37.0. The van der Waals surface area contributed by atoms with Gasteiger partial charge in [-0.15, -0.1) is 0 Å². The second kappa shape index (κ2) is 14.2. The Morgan fingerprint density at radius 3 is 1.33 bits per heavy atom. The van der Waals surface area contributed by atoms with Crippen LogP contribution in [0.25, 0.3) is 87.3 Å². The van der Waals surface area contributed by atoms with Crippen LogP contribution >= 0.6 is 0 Å². The first-order chi connectivity index (χ1) is 33.0. The highest BCUT2D eigenvalue weighted by molar-refractivity contribution is 6.20. The van der Waals surface area contributed by atoms with Crippen molar-refractivity contribution in [3.8, 4) is 11.1 Å². The van der Waals surface area contributed by atoms with Crippen molar-refractivity contribution in [3.63, 3.8) is 0 Å². The molecule has 0 bridgehead atoms. The first-order valence-corrected chi connectivity index (χ1v) is 23.1. The molecule has 0 saturated carbocycles. The Kier molecular flexibility index (Phi) is 8.00. The molecule has 0 spiro atoms. The van der Waals surface area contributed by atoms with Gasteiger partial charge in [-0.2, -0.15) is 0 Å². The molecule has 0 amide bonds. The fourth-order valence-corrected chi connectivity index (χ4v) is 11.5. The summed E-state index contributed by atoms with van der Waals surface area (Å²) in [4.78, 5) is 4.74. The monoisotopic (exact) mass is 858 g/mol. The molecule has 11 aromatic carbocycles. The highest BCUT2D eigenvalue weighted by Gasteiger charge is 2.40. The summed E-state index contributed by atoms with van der Waals surface area (Å²) in [6.45, 7) is 4.85.